The minimum absolute atomic E-state index is 0.0572. The van der Waals surface area contributed by atoms with Gasteiger partial charge in [0.25, 0.3) is 0 Å². The van der Waals surface area contributed by atoms with Crippen molar-refractivity contribution in [2.45, 2.75) is 26.2 Å². The summed E-state index contributed by atoms with van der Waals surface area (Å²) in [5.41, 5.74) is 3.87. The zero-order valence-corrected chi connectivity index (χ0v) is 16.9. The van der Waals surface area contributed by atoms with Gasteiger partial charge in [-0.1, -0.05) is 11.2 Å². The summed E-state index contributed by atoms with van der Waals surface area (Å²) in [6, 6.07) is 11.5. The fourth-order valence-corrected chi connectivity index (χ4v) is 3.72. The van der Waals surface area contributed by atoms with Gasteiger partial charge in [0.05, 0.1) is 25.7 Å². The molecule has 2 heterocycles. The first-order valence-electron chi connectivity index (χ1n) is 9.43. The molecule has 1 aliphatic rings. The third-order valence-corrected chi connectivity index (χ3v) is 5.08. The van der Waals surface area contributed by atoms with Gasteiger partial charge in [-0.25, -0.2) is 0 Å². The second kappa shape index (κ2) is 7.58. The number of carbonyl (C=O) groups excluding carboxylic acids is 1. The molecule has 1 atom stereocenters. The van der Waals surface area contributed by atoms with E-state index in [1.165, 1.54) is 0 Å². The van der Waals surface area contributed by atoms with Gasteiger partial charge in [-0.3, -0.25) is 4.79 Å². The Morgan fingerprint density at radius 3 is 2.52 bits per heavy atom. The summed E-state index contributed by atoms with van der Waals surface area (Å²) < 4.78 is 16.2. The number of methoxy groups -OCH3 is 2. The number of hydrogen-bond acceptors (Lipinski definition) is 6. The molecule has 1 unspecified atom stereocenters. The van der Waals surface area contributed by atoms with Crippen LogP contribution in [-0.2, 0) is 4.79 Å². The molecule has 0 N–H and O–H groups in total. The van der Waals surface area contributed by atoms with E-state index in [4.69, 9.17) is 14.0 Å². The lowest BCUT2D eigenvalue weighted by molar-refractivity contribution is -0.117. The summed E-state index contributed by atoms with van der Waals surface area (Å²) in [7, 11) is 3.18. The predicted molar refractivity (Wildman–Crippen MR) is 108 cm³/mol. The fraction of sp³-hybridized carbons (Fsp3) is 0.318. The van der Waals surface area contributed by atoms with Crippen molar-refractivity contribution in [1.29, 1.82) is 0 Å². The molecule has 29 heavy (non-hydrogen) atoms. The first-order chi connectivity index (χ1) is 14.0. The Balaban J connectivity index is 1.58. The van der Waals surface area contributed by atoms with Crippen LogP contribution in [0.5, 0.6) is 11.5 Å². The van der Waals surface area contributed by atoms with Crippen molar-refractivity contribution in [3.63, 3.8) is 0 Å². The van der Waals surface area contributed by atoms with E-state index in [1.54, 1.807) is 25.2 Å². The highest BCUT2D eigenvalue weighted by molar-refractivity contribution is 5.96. The van der Waals surface area contributed by atoms with E-state index < -0.39 is 0 Å². The van der Waals surface area contributed by atoms with Crippen LogP contribution in [0.2, 0.25) is 0 Å². The average Bonchev–Trinajstić information content (AvgIpc) is 3.33. The molecule has 0 aliphatic carbocycles. The molecular formula is C22H23N3O4. The number of aryl methyl sites for hydroxylation is 2. The highest BCUT2D eigenvalue weighted by atomic mass is 16.5. The first-order valence-corrected chi connectivity index (χ1v) is 9.43. The zero-order valence-electron chi connectivity index (χ0n) is 16.9. The molecular weight excluding hydrogens is 370 g/mol. The number of rotatable bonds is 5. The first kappa shape index (κ1) is 19.0. The molecule has 0 bridgehead atoms. The number of carbonyl (C=O) groups is 1. The maximum atomic E-state index is 12.6. The monoisotopic (exact) mass is 393 g/mol. The van der Waals surface area contributed by atoms with E-state index in [1.807, 2.05) is 38.1 Å². The number of anilines is 1. The van der Waals surface area contributed by atoms with Gasteiger partial charge in [0.2, 0.25) is 17.6 Å². The summed E-state index contributed by atoms with van der Waals surface area (Å²) in [5, 5.41) is 4.11. The van der Waals surface area contributed by atoms with Crippen LogP contribution in [-0.4, -0.2) is 36.8 Å². The second-order valence-electron chi connectivity index (χ2n) is 7.27. The predicted octanol–water partition coefficient (Wildman–Crippen LogP) is 3.89. The van der Waals surface area contributed by atoms with E-state index in [0.717, 1.165) is 16.8 Å². The van der Waals surface area contributed by atoms with Gasteiger partial charge in [-0.05, 0) is 49.2 Å². The van der Waals surface area contributed by atoms with Crippen LogP contribution in [0, 0.1) is 13.8 Å². The fourth-order valence-electron chi connectivity index (χ4n) is 3.72. The van der Waals surface area contributed by atoms with Crippen LogP contribution in [0.1, 0.15) is 29.4 Å². The largest absolute Gasteiger partial charge is 0.497 e. The molecule has 1 saturated heterocycles. The molecule has 2 aromatic carbocycles. The summed E-state index contributed by atoms with van der Waals surface area (Å²) in [6.45, 7) is 4.57. The molecule has 0 radical (unpaired) electrons. The Morgan fingerprint density at radius 2 is 1.83 bits per heavy atom. The minimum atomic E-state index is -0.145. The number of nitrogens with zero attached hydrogens (tertiary/aromatic N) is 3. The summed E-state index contributed by atoms with van der Waals surface area (Å²) >= 11 is 0. The Bertz CT molecular complexity index is 1040. The molecule has 7 nitrogen and oxygen atoms in total. The number of hydrogen-bond donors (Lipinski definition) is 0. The lowest BCUT2D eigenvalue weighted by Crippen LogP contribution is -2.24. The minimum Gasteiger partial charge on any atom is -0.497 e. The smallest absolute Gasteiger partial charge is 0.232 e. The number of ether oxygens (including phenoxy) is 2. The lowest BCUT2D eigenvalue weighted by atomic mass is 10.1. The summed E-state index contributed by atoms with van der Waals surface area (Å²) in [5.74, 6) is 2.07. The molecule has 3 aromatic rings. The molecule has 0 spiro atoms. The van der Waals surface area contributed by atoms with Crippen LogP contribution >= 0.6 is 0 Å². The summed E-state index contributed by atoms with van der Waals surface area (Å²) in [4.78, 5) is 19.0. The van der Waals surface area contributed by atoms with Crippen molar-refractivity contribution >= 4 is 11.6 Å². The molecule has 4 rings (SSSR count). The topological polar surface area (TPSA) is 77.7 Å². The van der Waals surface area contributed by atoms with Gasteiger partial charge in [-0.15, -0.1) is 0 Å². The average molecular weight is 393 g/mol. The Hall–Kier alpha value is -3.35. The van der Waals surface area contributed by atoms with Gasteiger partial charge in [0.1, 0.15) is 11.5 Å². The molecule has 1 fully saturated rings. The molecule has 7 heteroatoms. The molecule has 150 valence electrons. The molecule has 1 amide bonds. The van der Waals surface area contributed by atoms with Crippen molar-refractivity contribution in [2.24, 2.45) is 0 Å². The van der Waals surface area contributed by atoms with E-state index >= 15 is 0 Å². The Labute approximate surface area is 169 Å². The van der Waals surface area contributed by atoms with Gasteiger partial charge >= 0.3 is 0 Å². The highest BCUT2D eigenvalue weighted by Gasteiger charge is 2.35. The van der Waals surface area contributed by atoms with Crippen molar-refractivity contribution in [3.05, 3.63) is 53.4 Å². The van der Waals surface area contributed by atoms with Gasteiger partial charge in [0, 0.05) is 24.7 Å². The van der Waals surface area contributed by atoms with Crippen LogP contribution in [0.3, 0.4) is 0 Å². The molecule has 1 aromatic heterocycles. The van der Waals surface area contributed by atoms with E-state index in [-0.39, 0.29) is 11.8 Å². The van der Waals surface area contributed by atoms with Crippen molar-refractivity contribution in [3.8, 4) is 22.9 Å². The van der Waals surface area contributed by atoms with Crippen LogP contribution in [0.4, 0.5) is 5.69 Å². The maximum Gasteiger partial charge on any atom is 0.232 e. The van der Waals surface area contributed by atoms with Gasteiger partial charge in [-0.2, -0.15) is 4.98 Å². The van der Waals surface area contributed by atoms with E-state index in [0.29, 0.717) is 41.7 Å². The van der Waals surface area contributed by atoms with E-state index in [2.05, 4.69) is 16.2 Å². The third-order valence-electron chi connectivity index (χ3n) is 5.08. The third kappa shape index (κ3) is 3.68. The van der Waals surface area contributed by atoms with Gasteiger partial charge in [0.15, 0.2) is 0 Å². The van der Waals surface area contributed by atoms with Gasteiger partial charge < -0.3 is 18.9 Å². The Kier molecular flexibility index (Phi) is 4.96. The highest BCUT2D eigenvalue weighted by Crippen LogP contribution is 2.35. The Morgan fingerprint density at radius 1 is 1.07 bits per heavy atom. The summed E-state index contributed by atoms with van der Waals surface area (Å²) in [6.07, 6.45) is 0.342. The van der Waals surface area contributed by atoms with E-state index in [9.17, 15) is 4.79 Å². The SMILES string of the molecule is COc1ccc(-c2noc(C3CC(=O)N(c4cc(C)cc(C)c4)C3)n2)c(OC)c1. The van der Waals surface area contributed by atoms with Crippen molar-refractivity contribution < 1.29 is 18.8 Å². The van der Waals surface area contributed by atoms with Crippen LogP contribution in [0.15, 0.2) is 40.9 Å². The zero-order chi connectivity index (χ0) is 20.5. The number of aromatic nitrogens is 2. The standard InChI is InChI=1S/C22H23N3O4/c1-13-7-14(2)9-16(8-13)25-12-15(10-20(25)26)22-23-21(24-29-22)18-6-5-17(27-3)11-19(18)28-4/h5-9,11,15H,10,12H2,1-4H3. The lowest BCUT2D eigenvalue weighted by Gasteiger charge is -2.17. The molecule has 0 saturated carbocycles. The van der Waals surface area contributed by atoms with Crippen LogP contribution < -0.4 is 14.4 Å². The molecule has 1 aliphatic heterocycles. The number of amides is 1. The normalized spacial score (nSPS) is 16.3. The van der Waals surface area contributed by atoms with Crippen LogP contribution in [0.25, 0.3) is 11.4 Å². The second-order valence-corrected chi connectivity index (χ2v) is 7.27. The van der Waals surface area contributed by atoms with Crippen molar-refractivity contribution in [1.82, 2.24) is 10.1 Å². The quantitative estimate of drug-likeness (QED) is 0.654. The van der Waals surface area contributed by atoms with Crippen molar-refractivity contribution in [2.75, 3.05) is 25.7 Å². The maximum absolute atomic E-state index is 12.6. The number of benzene rings is 2.